The van der Waals surface area contributed by atoms with Gasteiger partial charge in [-0.05, 0) is 44.1 Å². The molecule has 0 aromatic carbocycles. The molecule has 0 aromatic rings. The van der Waals surface area contributed by atoms with Gasteiger partial charge in [0.2, 0.25) is 0 Å². The Balaban J connectivity index is 3.04. The highest BCUT2D eigenvalue weighted by molar-refractivity contribution is 5.42. The number of hydrogen-bond acceptors (Lipinski definition) is 0. The zero-order chi connectivity index (χ0) is 10.8. The Morgan fingerprint density at radius 1 is 1.43 bits per heavy atom. The highest BCUT2D eigenvalue weighted by Gasteiger charge is 2.26. The monoisotopic (exact) mass is 188 g/mol. The first-order valence-corrected chi connectivity index (χ1v) is 5.31. The van der Waals surface area contributed by atoms with Crippen LogP contribution in [0.1, 0.15) is 47.0 Å². The van der Waals surface area contributed by atoms with E-state index in [0.29, 0.717) is 0 Å². The normalized spacial score (nSPS) is 20.0. The third kappa shape index (κ3) is 2.51. The molecule has 1 aliphatic rings. The van der Waals surface area contributed by atoms with Crippen LogP contribution in [0.4, 0.5) is 0 Å². The van der Waals surface area contributed by atoms with Gasteiger partial charge in [-0.3, -0.25) is 0 Å². The minimum atomic E-state index is 0.269. The molecule has 0 heterocycles. The van der Waals surface area contributed by atoms with Crippen molar-refractivity contribution in [2.45, 2.75) is 47.0 Å². The first kappa shape index (κ1) is 11.1. The van der Waals surface area contributed by atoms with Gasteiger partial charge in [-0.15, -0.1) is 0 Å². The van der Waals surface area contributed by atoms with Crippen LogP contribution in [0.15, 0.2) is 23.3 Å². The first-order valence-electron chi connectivity index (χ1n) is 5.31. The lowest BCUT2D eigenvalue weighted by molar-refractivity contribution is 0.380. The highest BCUT2D eigenvalue weighted by Crippen LogP contribution is 2.39. The summed E-state index contributed by atoms with van der Waals surface area (Å²) >= 11 is 0. The van der Waals surface area contributed by atoms with E-state index in [2.05, 4.69) is 39.2 Å². The molecule has 0 atom stereocenters. The van der Waals surface area contributed by atoms with Crippen molar-refractivity contribution >= 4 is 0 Å². The van der Waals surface area contributed by atoms with Gasteiger partial charge in [0.05, 0.1) is 0 Å². The van der Waals surface area contributed by atoms with E-state index < -0.39 is 0 Å². The maximum absolute atomic E-state index is 3.82. The van der Waals surface area contributed by atoms with E-state index in [9.17, 15) is 0 Å². The fourth-order valence-corrected chi connectivity index (χ4v) is 2.07. The van der Waals surface area contributed by atoms with Crippen LogP contribution in [-0.4, -0.2) is 0 Å². The van der Waals surface area contributed by atoms with Gasteiger partial charge in [-0.2, -0.15) is 0 Å². The summed E-state index contributed by atoms with van der Waals surface area (Å²) in [5, 5.41) is 0. The minimum absolute atomic E-state index is 0.269. The van der Waals surface area contributed by atoms with Crippen molar-refractivity contribution in [2.24, 2.45) is 5.41 Å². The molecule has 1 aliphatic carbocycles. The Kier molecular flexibility index (Phi) is 3.21. The maximum atomic E-state index is 3.82. The molecule has 0 amide bonds. The molecule has 0 fully saturated rings. The zero-order valence-electron chi connectivity index (χ0n) is 9.83. The van der Waals surface area contributed by atoms with Crippen LogP contribution in [0.25, 0.3) is 0 Å². The lowest BCUT2D eigenvalue weighted by Crippen LogP contribution is -2.19. The minimum Gasteiger partial charge on any atom is -0.0877 e. The molecule has 0 spiro atoms. The largest absolute Gasteiger partial charge is 0.0877 e. The van der Waals surface area contributed by atoms with Crippen molar-refractivity contribution in [1.29, 1.82) is 0 Å². The number of allylic oxidation sites excluding steroid dienone is 3. The van der Waals surface area contributed by atoms with Crippen molar-refractivity contribution in [3.63, 3.8) is 0 Å². The van der Waals surface area contributed by atoms with E-state index in [1.54, 1.807) is 0 Å². The molecule has 0 saturated carbocycles. The van der Waals surface area contributed by atoms with Gasteiger partial charge >= 0.3 is 0 Å². The predicted molar refractivity (Wildman–Crippen MR) is 62.9 cm³/mol. The molecule has 76 valence electrons. The lowest BCUT2D eigenvalue weighted by Gasteiger charge is -2.31. The molecule has 0 aromatic heterocycles. The summed E-state index contributed by atoms with van der Waals surface area (Å²) in [6.07, 6.45) is 3.77. The second-order valence-electron chi connectivity index (χ2n) is 4.92. The molecule has 14 heavy (non-hydrogen) atoms. The number of hydrogen-bond donors (Lipinski definition) is 0. The Morgan fingerprint density at radius 3 is 2.57 bits per heavy atom. The SMILES string of the molecule is C=C(C)C#CC1=C(C)CCCC1(C)C. The van der Waals surface area contributed by atoms with Gasteiger partial charge in [0, 0.05) is 5.57 Å². The molecule has 1 rings (SSSR count). The average Bonchev–Trinajstić information content (AvgIpc) is 2.01. The lowest BCUT2D eigenvalue weighted by atomic mass is 9.73. The Hall–Kier alpha value is -0.960. The second-order valence-corrected chi connectivity index (χ2v) is 4.92. The molecule has 0 unspecified atom stereocenters. The van der Waals surface area contributed by atoms with Crippen molar-refractivity contribution in [3.8, 4) is 11.8 Å². The van der Waals surface area contributed by atoms with Crippen molar-refractivity contribution in [3.05, 3.63) is 23.3 Å². The van der Waals surface area contributed by atoms with Crippen LogP contribution >= 0.6 is 0 Å². The molecular weight excluding hydrogens is 168 g/mol. The molecule has 0 heteroatoms. The number of rotatable bonds is 0. The molecular formula is C14H20. The van der Waals surface area contributed by atoms with Gasteiger partial charge < -0.3 is 0 Å². The zero-order valence-corrected chi connectivity index (χ0v) is 9.83. The van der Waals surface area contributed by atoms with Crippen LogP contribution in [-0.2, 0) is 0 Å². The van der Waals surface area contributed by atoms with Crippen LogP contribution in [0.3, 0.4) is 0 Å². The maximum Gasteiger partial charge on any atom is 0.00695 e. The van der Waals surface area contributed by atoms with E-state index in [1.165, 1.54) is 30.4 Å². The van der Waals surface area contributed by atoms with Gasteiger partial charge in [0.15, 0.2) is 0 Å². The summed E-state index contributed by atoms with van der Waals surface area (Å²) in [7, 11) is 0. The third-order valence-corrected chi connectivity index (χ3v) is 2.86. The van der Waals surface area contributed by atoms with E-state index in [1.807, 2.05) is 6.92 Å². The topological polar surface area (TPSA) is 0 Å². The van der Waals surface area contributed by atoms with Crippen LogP contribution in [0, 0.1) is 17.3 Å². The summed E-state index contributed by atoms with van der Waals surface area (Å²) in [5.74, 6) is 6.39. The van der Waals surface area contributed by atoms with Crippen molar-refractivity contribution in [1.82, 2.24) is 0 Å². The summed E-state index contributed by atoms with van der Waals surface area (Å²) in [6, 6.07) is 0. The molecule has 0 radical (unpaired) electrons. The van der Waals surface area contributed by atoms with E-state index in [4.69, 9.17) is 0 Å². The van der Waals surface area contributed by atoms with Crippen LogP contribution < -0.4 is 0 Å². The van der Waals surface area contributed by atoms with E-state index in [0.717, 1.165) is 5.57 Å². The summed E-state index contributed by atoms with van der Waals surface area (Å²) < 4.78 is 0. The predicted octanol–water partition coefficient (Wildman–Crippen LogP) is 4.09. The molecule has 0 bridgehead atoms. The Bertz CT molecular complexity index is 329. The van der Waals surface area contributed by atoms with Crippen LogP contribution in [0.5, 0.6) is 0 Å². The van der Waals surface area contributed by atoms with Crippen molar-refractivity contribution < 1.29 is 0 Å². The highest BCUT2D eigenvalue weighted by atomic mass is 14.3. The average molecular weight is 188 g/mol. The molecule has 0 saturated heterocycles. The fraction of sp³-hybridized carbons (Fsp3) is 0.571. The van der Waals surface area contributed by atoms with Crippen molar-refractivity contribution in [2.75, 3.05) is 0 Å². The summed E-state index contributed by atoms with van der Waals surface area (Å²) in [5.41, 5.74) is 4.03. The van der Waals surface area contributed by atoms with Gasteiger partial charge in [-0.25, -0.2) is 0 Å². The van der Waals surface area contributed by atoms with Gasteiger partial charge in [0.25, 0.3) is 0 Å². The molecule has 0 aliphatic heterocycles. The fourth-order valence-electron chi connectivity index (χ4n) is 2.07. The first-order chi connectivity index (χ1) is 6.43. The smallest absolute Gasteiger partial charge is 0.00695 e. The van der Waals surface area contributed by atoms with E-state index in [-0.39, 0.29) is 5.41 Å². The molecule has 0 N–H and O–H groups in total. The Morgan fingerprint density at radius 2 is 2.07 bits per heavy atom. The molecule has 0 nitrogen and oxygen atoms in total. The van der Waals surface area contributed by atoms with Gasteiger partial charge in [0.1, 0.15) is 0 Å². The van der Waals surface area contributed by atoms with Crippen LogP contribution in [0.2, 0.25) is 0 Å². The quantitative estimate of drug-likeness (QED) is 0.502. The van der Waals surface area contributed by atoms with E-state index >= 15 is 0 Å². The third-order valence-electron chi connectivity index (χ3n) is 2.86. The second kappa shape index (κ2) is 4.05. The Labute approximate surface area is 88.1 Å². The summed E-state index contributed by atoms with van der Waals surface area (Å²) in [4.78, 5) is 0. The summed E-state index contributed by atoms with van der Waals surface area (Å²) in [6.45, 7) is 12.6. The standard InChI is InChI=1S/C14H20/c1-11(2)8-9-13-12(3)7-6-10-14(13,4)5/h1,6-7,10H2,2-5H3. The van der Waals surface area contributed by atoms with Gasteiger partial charge in [-0.1, -0.05) is 37.8 Å².